The van der Waals surface area contributed by atoms with E-state index in [2.05, 4.69) is 24.6 Å². The molecule has 0 aromatic heterocycles. The zero-order chi connectivity index (χ0) is 16.3. The molecular formula is C14H20O7. The molecule has 0 aliphatic heterocycles. The van der Waals surface area contributed by atoms with E-state index in [0.29, 0.717) is 5.57 Å². The molecule has 21 heavy (non-hydrogen) atoms. The van der Waals surface area contributed by atoms with Crippen molar-refractivity contribution in [1.82, 2.24) is 0 Å². The molecule has 0 radical (unpaired) electrons. The van der Waals surface area contributed by atoms with Gasteiger partial charge in [-0.15, -0.1) is 0 Å². The Morgan fingerprint density at radius 1 is 1.14 bits per heavy atom. The molecule has 0 unspecified atom stereocenters. The van der Waals surface area contributed by atoms with Gasteiger partial charge in [-0.25, -0.2) is 19.4 Å². The molecule has 118 valence electrons. The van der Waals surface area contributed by atoms with Crippen molar-refractivity contribution in [3.63, 3.8) is 0 Å². The van der Waals surface area contributed by atoms with Gasteiger partial charge in [-0.2, -0.15) is 0 Å². The first-order valence-corrected chi connectivity index (χ1v) is 5.99. The van der Waals surface area contributed by atoms with E-state index in [1.165, 1.54) is 7.11 Å². The molecule has 0 aromatic carbocycles. The molecule has 0 aliphatic carbocycles. The van der Waals surface area contributed by atoms with E-state index in [1.54, 1.807) is 0 Å². The minimum atomic E-state index is -1.21. The van der Waals surface area contributed by atoms with Crippen LogP contribution < -0.4 is 0 Å². The van der Waals surface area contributed by atoms with Crippen LogP contribution in [0.2, 0.25) is 0 Å². The van der Waals surface area contributed by atoms with E-state index >= 15 is 0 Å². The molecule has 0 saturated carbocycles. The first-order chi connectivity index (χ1) is 9.95. The Bertz CT molecular complexity index is 376. The summed E-state index contributed by atoms with van der Waals surface area (Å²) in [7, 11) is 1.31. The van der Waals surface area contributed by atoms with Crippen LogP contribution >= 0.6 is 0 Å². The van der Waals surface area contributed by atoms with Gasteiger partial charge in [0.1, 0.15) is 19.8 Å². The number of ether oxygens (including phenoxy) is 2. The predicted molar refractivity (Wildman–Crippen MR) is 73.9 cm³/mol. The van der Waals surface area contributed by atoms with Gasteiger partial charge in [-0.3, -0.25) is 0 Å². The second kappa shape index (κ2) is 9.87. The van der Waals surface area contributed by atoms with Gasteiger partial charge in [0.15, 0.2) is 0 Å². The van der Waals surface area contributed by atoms with Crippen LogP contribution in [0.1, 0.15) is 0 Å². The summed E-state index contributed by atoms with van der Waals surface area (Å²) >= 11 is 0. The van der Waals surface area contributed by atoms with Gasteiger partial charge in [-0.1, -0.05) is 19.7 Å². The number of hydrogen-bond acceptors (Lipinski definition) is 7. The average Bonchev–Trinajstić information content (AvgIpc) is 2.52. The number of hydrogen-bond donors (Lipinski definition) is 1. The van der Waals surface area contributed by atoms with E-state index in [0.717, 1.165) is 12.2 Å². The third-order valence-electron chi connectivity index (χ3n) is 2.72. The first-order valence-electron chi connectivity index (χ1n) is 5.99. The Morgan fingerprint density at radius 3 is 1.95 bits per heavy atom. The summed E-state index contributed by atoms with van der Waals surface area (Å²) in [5.74, 6) is -1.35. The maximum absolute atomic E-state index is 11.2. The lowest BCUT2D eigenvalue weighted by Gasteiger charge is -2.32. The van der Waals surface area contributed by atoms with Crippen molar-refractivity contribution in [3.8, 4) is 0 Å². The van der Waals surface area contributed by atoms with Crippen LogP contribution in [0.25, 0.3) is 0 Å². The Labute approximate surface area is 123 Å². The quantitative estimate of drug-likeness (QED) is 0.196. The van der Waals surface area contributed by atoms with Crippen molar-refractivity contribution in [3.05, 3.63) is 37.5 Å². The van der Waals surface area contributed by atoms with Gasteiger partial charge in [0.2, 0.25) is 0 Å². The highest BCUT2D eigenvalue weighted by molar-refractivity contribution is 5.81. The third-order valence-corrected chi connectivity index (χ3v) is 2.72. The van der Waals surface area contributed by atoms with Crippen LogP contribution in [0.4, 0.5) is 0 Å². The standard InChI is InChI=1S/C14H20O7/c1-5-12(16)19-9-14(8-15,10-20-13(17)6-2)11(3)7-21-18-4/h5-6,15H,1-3,7-10H2,4H3. The molecule has 1 N–H and O–H groups in total. The van der Waals surface area contributed by atoms with Crippen LogP contribution in [-0.2, 0) is 28.8 Å². The van der Waals surface area contributed by atoms with Gasteiger partial charge in [-0.05, 0) is 5.57 Å². The summed E-state index contributed by atoms with van der Waals surface area (Å²) in [4.78, 5) is 31.5. The minimum absolute atomic E-state index is 0.0751. The van der Waals surface area contributed by atoms with Gasteiger partial charge in [0.05, 0.1) is 19.1 Å². The Morgan fingerprint density at radius 2 is 1.62 bits per heavy atom. The van der Waals surface area contributed by atoms with Crippen LogP contribution in [0, 0.1) is 5.41 Å². The van der Waals surface area contributed by atoms with E-state index in [1.807, 2.05) is 0 Å². The number of carbonyl (C=O) groups is 2. The lowest BCUT2D eigenvalue weighted by molar-refractivity contribution is -0.267. The van der Waals surface area contributed by atoms with Gasteiger partial charge >= 0.3 is 11.9 Å². The van der Waals surface area contributed by atoms with Gasteiger partial charge in [0.25, 0.3) is 0 Å². The van der Waals surface area contributed by atoms with E-state index in [9.17, 15) is 14.7 Å². The zero-order valence-corrected chi connectivity index (χ0v) is 12.0. The molecule has 0 aliphatic rings. The molecule has 0 aromatic rings. The van der Waals surface area contributed by atoms with E-state index < -0.39 is 24.0 Å². The molecule has 0 fully saturated rings. The summed E-state index contributed by atoms with van der Waals surface area (Å²) in [5.41, 5.74) is -0.879. The molecule has 0 spiro atoms. The molecule has 7 heteroatoms. The summed E-state index contributed by atoms with van der Waals surface area (Å²) in [6.45, 7) is 9.20. The first kappa shape index (κ1) is 19.0. The van der Waals surface area contributed by atoms with Crippen LogP contribution in [0.15, 0.2) is 37.5 Å². The molecule has 0 amide bonds. The SMILES string of the molecule is C=CC(=O)OCC(CO)(COC(=O)C=C)C(=C)COOC. The lowest BCUT2D eigenvalue weighted by atomic mass is 9.83. The summed E-state index contributed by atoms with van der Waals surface area (Å²) < 4.78 is 9.85. The molecule has 0 rings (SSSR count). The van der Waals surface area contributed by atoms with Gasteiger partial charge in [0, 0.05) is 12.2 Å². The van der Waals surface area contributed by atoms with Crippen molar-refractivity contribution >= 4 is 11.9 Å². The molecule has 7 nitrogen and oxygen atoms in total. The number of aliphatic hydroxyl groups is 1. The Kier molecular flexibility index (Phi) is 8.95. The molecule has 0 bridgehead atoms. The van der Waals surface area contributed by atoms with E-state index in [-0.39, 0.29) is 19.8 Å². The highest BCUT2D eigenvalue weighted by Crippen LogP contribution is 2.27. The average molecular weight is 300 g/mol. The van der Waals surface area contributed by atoms with Crippen LogP contribution in [-0.4, -0.2) is 50.6 Å². The van der Waals surface area contributed by atoms with Crippen molar-refractivity contribution < 1.29 is 33.9 Å². The Balaban J connectivity index is 5.01. The minimum Gasteiger partial charge on any atom is -0.461 e. The third kappa shape index (κ3) is 6.35. The largest absolute Gasteiger partial charge is 0.461 e. The number of aliphatic hydroxyl groups excluding tert-OH is 1. The topological polar surface area (TPSA) is 91.3 Å². The fourth-order valence-electron chi connectivity index (χ4n) is 1.27. The second-order valence-corrected chi connectivity index (χ2v) is 4.09. The second-order valence-electron chi connectivity index (χ2n) is 4.09. The summed E-state index contributed by atoms with van der Waals surface area (Å²) in [6, 6.07) is 0. The maximum atomic E-state index is 11.2. The number of carbonyl (C=O) groups excluding carboxylic acids is 2. The monoisotopic (exact) mass is 300 g/mol. The zero-order valence-electron chi connectivity index (χ0n) is 12.0. The highest BCUT2D eigenvalue weighted by atomic mass is 17.2. The maximum Gasteiger partial charge on any atom is 0.330 e. The smallest absolute Gasteiger partial charge is 0.330 e. The van der Waals surface area contributed by atoms with E-state index in [4.69, 9.17) is 14.4 Å². The summed E-state index contributed by atoms with van der Waals surface area (Å²) in [5, 5.41) is 9.63. The van der Waals surface area contributed by atoms with Crippen molar-refractivity contribution in [2.24, 2.45) is 5.41 Å². The predicted octanol–water partition coefficient (Wildman–Crippen LogP) is 0.558. The van der Waals surface area contributed by atoms with Crippen LogP contribution in [0.3, 0.4) is 0 Å². The molecule has 0 heterocycles. The van der Waals surface area contributed by atoms with Gasteiger partial charge < -0.3 is 14.6 Å². The normalized spacial score (nSPS) is 10.6. The molecular weight excluding hydrogens is 280 g/mol. The Hall–Kier alpha value is -1.96. The number of rotatable bonds is 11. The van der Waals surface area contributed by atoms with Crippen molar-refractivity contribution in [2.75, 3.05) is 33.5 Å². The fraction of sp³-hybridized carbons (Fsp3) is 0.429. The van der Waals surface area contributed by atoms with Crippen LogP contribution in [0.5, 0.6) is 0 Å². The molecule has 0 saturated heterocycles. The highest BCUT2D eigenvalue weighted by Gasteiger charge is 2.36. The fourth-order valence-corrected chi connectivity index (χ4v) is 1.27. The van der Waals surface area contributed by atoms with Crippen molar-refractivity contribution in [2.45, 2.75) is 0 Å². The molecule has 0 atom stereocenters. The summed E-state index contributed by atoms with van der Waals surface area (Å²) in [6.07, 6.45) is 1.96. The lowest BCUT2D eigenvalue weighted by Crippen LogP contribution is -2.40. The number of esters is 2. The van der Waals surface area contributed by atoms with Crippen molar-refractivity contribution in [1.29, 1.82) is 0 Å².